The third-order valence-electron chi connectivity index (χ3n) is 9.83. The van der Waals surface area contributed by atoms with Gasteiger partial charge >= 0.3 is 0 Å². The van der Waals surface area contributed by atoms with E-state index in [-0.39, 0.29) is 42.6 Å². The molecule has 1 fully saturated rings. The van der Waals surface area contributed by atoms with Gasteiger partial charge in [0.25, 0.3) is 17.7 Å². The van der Waals surface area contributed by atoms with Gasteiger partial charge in [-0.25, -0.2) is 4.58 Å². The molecule has 4 amide bonds. The van der Waals surface area contributed by atoms with Crippen molar-refractivity contribution in [3.05, 3.63) is 95.9 Å². The molecule has 4 aliphatic rings. The molecule has 264 valence electrons. The van der Waals surface area contributed by atoms with Gasteiger partial charge in [-0.3, -0.25) is 24.1 Å². The number of nitrogens with one attached hydrogen (secondary N) is 1. The van der Waals surface area contributed by atoms with E-state index in [1.807, 2.05) is 49.3 Å². The Morgan fingerprint density at radius 2 is 1.53 bits per heavy atom. The molecule has 1 aliphatic carbocycles. The van der Waals surface area contributed by atoms with Crippen LogP contribution in [-0.4, -0.2) is 86.3 Å². The van der Waals surface area contributed by atoms with E-state index in [9.17, 15) is 19.2 Å². The summed E-state index contributed by atoms with van der Waals surface area (Å²) < 4.78 is 8.89. The standard InChI is InChI=1S/C41H45N5O5/c1-5-44(6-2)31-17-18-33-35(27-36(51-37(33)26-31)28-13-15-30(16-14-28)43(3)4)32-10-7-8-11-34(32)41(50)45-24-21-29(22-25-45)42-38(47)12-9-23-46-39(48)19-20-40(46)49/h7-8,10-11,13-20,26-27,29H,5-6,9,12,21-25H2,1-4H3/p+1. The summed E-state index contributed by atoms with van der Waals surface area (Å²) in [4.78, 5) is 55.5. The molecule has 2 aromatic carbocycles. The number of likely N-dealkylation sites (tertiary alicyclic amines) is 1. The third-order valence-corrected chi connectivity index (χ3v) is 9.83. The van der Waals surface area contributed by atoms with Crippen molar-refractivity contribution in [1.29, 1.82) is 0 Å². The van der Waals surface area contributed by atoms with Crippen LogP contribution >= 0.6 is 0 Å². The molecule has 1 saturated heterocycles. The van der Waals surface area contributed by atoms with Crippen molar-refractivity contribution in [2.45, 2.75) is 45.6 Å². The minimum atomic E-state index is -0.339. The van der Waals surface area contributed by atoms with Crippen molar-refractivity contribution in [3.8, 4) is 33.8 Å². The van der Waals surface area contributed by atoms with Crippen LogP contribution in [0.3, 0.4) is 0 Å². The maximum Gasteiger partial charge on any atom is 0.254 e. The zero-order chi connectivity index (χ0) is 36.1. The van der Waals surface area contributed by atoms with Crippen LogP contribution < -0.4 is 20.1 Å². The number of amides is 4. The summed E-state index contributed by atoms with van der Waals surface area (Å²) in [5, 5.41) is 4.16. The lowest BCUT2D eigenvalue weighted by molar-refractivity contribution is -0.137. The Balaban J connectivity index is 1.22. The smallest absolute Gasteiger partial charge is 0.254 e. The molecule has 51 heavy (non-hydrogen) atoms. The molecule has 10 nitrogen and oxygen atoms in total. The van der Waals surface area contributed by atoms with Gasteiger partial charge in [0.05, 0.1) is 6.07 Å². The second kappa shape index (κ2) is 15.6. The van der Waals surface area contributed by atoms with Crippen LogP contribution in [0.4, 0.5) is 5.69 Å². The summed E-state index contributed by atoms with van der Waals surface area (Å²) in [5.74, 6) is 0.624. The van der Waals surface area contributed by atoms with Gasteiger partial charge in [0.2, 0.25) is 11.3 Å². The highest BCUT2D eigenvalue weighted by Gasteiger charge is 2.28. The lowest BCUT2D eigenvalue weighted by Crippen LogP contribution is -2.46. The Hall–Kier alpha value is -5.51. The van der Waals surface area contributed by atoms with Gasteiger partial charge in [-0.2, -0.15) is 0 Å². The predicted octanol–water partition coefficient (Wildman–Crippen LogP) is 5.02. The maximum absolute atomic E-state index is 14.2. The average Bonchev–Trinajstić information content (AvgIpc) is 3.47. The molecule has 0 aromatic heterocycles. The van der Waals surface area contributed by atoms with Crippen molar-refractivity contribution in [2.24, 2.45) is 0 Å². The van der Waals surface area contributed by atoms with E-state index in [4.69, 9.17) is 4.42 Å². The predicted molar refractivity (Wildman–Crippen MR) is 199 cm³/mol. The number of carbonyl (C=O) groups is 4. The molecular weight excluding hydrogens is 642 g/mol. The molecule has 0 unspecified atom stereocenters. The van der Waals surface area contributed by atoms with Crippen LogP contribution in [0.25, 0.3) is 33.8 Å². The summed E-state index contributed by atoms with van der Waals surface area (Å²) in [6, 6.07) is 24.3. The largest absolute Gasteiger partial charge is 0.456 e. The zero-order valence-electron chi connectivity index (χ0n) is 29.9. The first-order chi connectivity index (χ1) is 24.7. The van der Waals surface area contributed by atoms with Gasteiger partial charge in [-0.15, -0.1) is 0 Å². The molecule has 0 spiro atoms. The summed E-state index contributed by atoms with van der Waals surface area (Å²) >= 11 is 0. The fourth-order valence-electron chi connectivity index (χ4n) is 6.90. The molecule has 3 heterocycles. The van der Waals surface area contributed by atoms with Crippen molar-refractivity contribution >= 4 is 29.3 Å². The SMILES string of the molecule is CC[N+](CC)=c1ccc2c(-c3ccccc3C(=O)N3CCC(NC(=O)CCCN4C(=O)C=CC4=O)CC3)cc(-c3ccc(N(C)C)cc3)oc-2c1. The first-order valence-electron chi connectivity index (χ1n) is 17.8. The molecule has 6 rings (SSSR count). The molecule has 0 radical (unpaired) electrons. The first kappa shape index (κ1) is 35.3. The molecule has 3 aliphatic heterocycles. The van der Waals surface area contributed by atoms with Gasteiger partial charge in [-0.05, 0) is 86.7 Å². The maximum atomic E-state index is 14.2. The highest BCUT2D eigenvalue weighted by molar-refractivity contribution is 6.12. The Bertz CT molecular complexity index is 1980. The number of fused-ring (bicyclic) bond motifs is 1. The van der Waals surface area contributed by atoms with E-state index >= 15 is 0 Å². The highest BCUT2D eigenvalue weighted by atomic mass is 16.3. The number of benzene rings is 3. The zero-order valence-corrected chi connectivity index (χ0v) is 29.9. The molecule has 0 atom stereocenters. The number of hydrogen-bond acceptors (Lipinski definition) is 6. The van der Waals surface area contributed by atoms with Gasteiger partial charge in [0.1, 0.15) is 24.6 Å². The molecule has 1 N–H and O–H groups in total. The van der Waals surface area contributed by atoms with Gasteiger partial charge < -0.3 is 19.5 Å². The van der Waals surface area contributed by atoms with Gasteiger partial charge in [0.15, 0.2) is 0 Å². The lowest BCUT2D eigenvalue weighted by Gasteiger charge is -2.33. The summed E-state index contributed by atoms with van der Waals surface area (Å²) in [6.45, 7) is 7.28. The number of imide groups is 1. The number of anilines is 1. The number of nitrogens with zero attached hydrogens (tertiary/aromatic N) is 4. The summed E-state index contributed by atoms with van der Waals surface area (Å²) in [6.07, 6.45) is 4.40. The quantitative estimate of drug-likeness (QED) is 0.175. The Morgan fingerprint density at radius 1 is 0.843 bits per heavy atom. The van der Waals surface area contributed by atoms with Crippen LogP contribution in [0, 0.1) is 0 Å². The molecule has 10 heteroatoms. The van der Waals surface area contributed by atoms with Gasteiger partial charge in [-0.1, -0.05) is 18.2 Å². The van der Waals surface area contributed by atoms with Gasteiger partial charge in [0, 0.05) is 86.8 Å². The monoisotopic (exact) mass is 688 g/mol. The summed E-state index contributed by atoms with van der Waals surface area (Å²) in [7, 11) is 4.03. The van der Waals surface area contributed by atoms with E-state index in [1.165, 1.54) is 12.2 Å². The van der Waals surface area contributed by atoms with Crippen molar-refractivity contribution in [1.82, 2.24) is 19.7 Å². The van der Waals surface area contributed by atoms with E-state index in [1.54, 1.807) is 0 Å². The highest BCUT2D eigenvalue weighted by Crippen LogP contribution is 2.39. The van der Waals surface area contributed by atoms with E-state index in [2.05, 4.69) is 71.1 Å². The van der Waals surface area contributed by atoms with E-state index in [0.29, 0.717) is 43.7 Å². The van der Waals surface area contributed by atoms with E-state index < -0.39 is 0 Å². The molecule has 0 saturated carbocycles. The van der Waals surface area contributed by atoms with Crippen LogP contribution in [0.1, 0.15) is 49.9 Å². The number of carbonyl (C=O) groups excluding carboxylic acids is 4. The van der Waals surface area contributed by atoms with Crippen LogP contribution in [0.5, 0.6) is 0 Å². The summed E-state index contributed by atoms with van der Waals surface area (Å²) in [5.41, 5.74) is 5.35. The molecular formula is C41H46N5O5+. The minimum absolute atomic E-state index is 0.0466. The Morgan fingerprint density at radius 3 is 2.20 bits per heavy atom. The minimum Gasteiger partial charge on any atom is -0.456 e. The molecule has 2 aromatic rings. The van der Waals surface area contributed by atoms with Crippen LogP contribution in [-0.2, 0) is 14.4 Å². The Labute approximate surface area is 299 Å². The second-order valence-electron chi connectivity index (χ2n) is 13.3. The van der Waals surface area contributed by atoms with Crippen LogP contribution in [0.2, 0.25) is 0 Å². The molecule has 0 bridgehead atoms. The fraction of sp³-hybridized carbons (Fsp3) is 0.341. The van der Waals surface area contributed by atoms with Crippen molar-refractivity contribution in [2.75, 3.05) is 51.7 Å². The third kappa shape index (κ3) is 7.80. The first-order valence-corrected chi connectivity index (χ1v) is 17.8. The fourth-order valence-corrected chi connectivity index (χ4v) is 6.90. The van der Waals surface area contributed by atoms with Crippen molar-refractivity contribution in [3.63, 3.8) is 0 Å². The number of hydrogen-bond donors (Lipinski definition) is 1. The number of rotatable bonds is 11. The number of piperidine rings is 1. The van der Waals surface area contributed by atoms with Crippen LogP contribution in [0.15, 0.2) is 89.4 Å². The normalized spacial score (nSPS) is 14.7. The second-order valence-corrected chi connectivity index (χ2v) is 13.3. The lowest BCUT2D eigenvalue weighted by atomic mass is 9.92. The topological polar surface area (TPSA) is 106 Å². The van der Waals surface area contributed by atoms with Crippen molar-refractivity contribution < 1.29 is 23.6 Å². The average molecular weight is 689 g/mol. The Kier molecular flexibility index (Phi) is 10.8. The van der Waals surface area contributed by atoms with E-state index in [0.717, 1.165) is 57.0 Å².